The number of aliphatic hydroxyl groups is 1. The summed E-state index contributed by atoms with van der Waals surface area (Å²) >= 11 is 0. The summed E-state index contributed by atoms with van der Waals surface area (Å²) in [6, 6.07) is 5.33. The zero-order chi connectivity index (χ0) is 12.8. The summed E-state index contributed by atoms with van der Waals surface area (Å²) in [6.45, 7) is 1.69. The van der Waals surface area contributed by atoms with Gasteiger partial charge < -0.3 is 14.8 Å². The molecule has 1 aliphatic carbocycles. The van der Waals surface area contributed by atoms with Crippen LogP contribution in [0.25, 0.3) is 11.1 Å². The molecule has 5 heteroatoms. The number of aryl methyl sites for hydroxylation is 1. The van der Waals surface area contributed by atoms with Gasteiger partial charge in [-0.05, 0) is 31.0 Å². The number of fused-ring (bicyclic) bond motifs is 1. The van der Waals surface area contributed by atoms with Crippen LogP contribution < -0.4 is 5.32 Å². The highest BCUT2D eigenvalue weighted by Gasteiger charge is 2.49. The van der Waals surface area contributed by atoms with Gasteiger partial charge in [-0.1, -0.05) is 0 Å². The molecule has 0 unspecified atom stereocenters. The fourth-order valence-electron chi connectivity index (χ4n) is 1.99. The smallest absolute Gasteiger partial charge is 0.232 e. The lowest BCUT2D eigenvalue weighted by Crippen LogP contribution is -2.27. The number of nitrogens with one attached hydrogen (secondary N) is 1. The Morgan fingerprint density at radius 1 is 1.56 bits per heavy atom. The van der Waals surface area contributed by atoms with Gasteiger partial charge in [0, 0.05) is 12.6 Å². The minimum Gasteiger partial charge on any atom is -0.441 e. The van der Waals surface area contributed by atoms with Crippen molar-refractivity contribution in [2.45, 2.75) is 19.8 Å². The van der Waals surface area contributed by atoms with Crippen molar-refractivity contribution in [3.8, 4) is 0 Å². The van der Waals surface area contributed by atoms with Crippen molar-refractivity contribution in [1.29, 1.82) is 0 Å². The second kappa shape index (κ2) is 3.81. The SMILES string of the molecule is Cc1nc2cc(NC(=O)C3(CO)CC3)ccc2o1. The molecule has 0 bridgehead atoms. The van der Waals surface area contributed by atoms with Crippen molar-refractivity contribution in [2.24, 2.45) is 5.41 Å². The molecule has 0 aliphatic heterocycles. The third-order valence-corrected chi connectivity index (χ3v) is 3.39. The molecule has 0 spiro atoms. The minimum absolute atomic E-state index is 0.0931. The number of hydrogen-bond acceptors (Lipinski definition) is 4. The Labute approximate surface area is 104 Å². The number of hydrogen-bond donors (Lipinski definition) is 2. The highest BCUT2D eigenvalue weighted by molar-refractivity contribution is 5.98. The number of anilines is 1. The molecule has 0 radical (unpaired) electrons. The Balaban J connectivity index is 1.84. The maximum absolute atomic E-state index is 12.0. The van der Waals surface area contributed by atoms with Gasteiger partial charge in [0.05, 0.1) is 12.0 Å². The lowest BCUT2D eigenvalue weighted by Gasteiger charge is -2.11. The number of benzene rings is 1. The van der Waals surface area contributed by atoms with Crippen molar-refractivity contribution in [3.05, 3.63) is 24.1 Å². The number of aliphatic hydroxyl groups excluding tert-OH is 1. The van der Waals surface area contributed by atoms with Crippen molar-refractivity contribution in [2.75, 3.05) is 11.9 Å². The standard InChI is InChI=1S/C13H14N2O3/c1-8-14-10-6-9(2-3-11(10)18-8)15-12(17)13(7-16)4-5-13/h2-3,6,16H,4-5,7H2,1H3,(H,15,17). The molecular formula is C13H14N2O3. The van der Waals surface area contributed by atoms with Crippen LogP contribution in [0, 0.1) is 12.3 Å². The van der Waals surface area contributed by atoms with E-state index in [0.29, 0.717) is 17.2 Å². The summed E-state index contributed by atoms with van der Waals surface area (Å²) in [5.41, 5.74) is 1.54. The molecular weight excluding hydrogens is 232 g/mol. The van der Waals surface area contributed by atoms with Crippen LogP contribution in [0.1, 0.15) is 18.7 Å². The second-order valence-corrected chi connectivity index (χ2v) is 4.81. The topological polar surface area (TPSA) is 75.4 Å². The Kier molecular flexibility index (Phi) is 2.38. The highest BCUT2D eigenvalue weighted by atomic mass is 16.3. The van der Waals surface area contributed by atoms with E-state index >= 15 is 0 Å². The lowest BCUT2D eigenvalue weighted by molar-refractivity contribution is -0.122. The number of carbonyl (C=O) groups is 1. The Hall–Kier alpha value is -1.88. The Morgan fingerprint density at radius 3 is 3.00 bits per heavy atom. The molecule has 0 atom stereocenters. The maximum atomic E-state index is 12.0. The molecule has 1 fully saturated rings. The van der Waals surface area contributed by atoms with E-state index in [4.69, 9.17) is 4.42 Å². The molecule has 5 nitrogen and oxygen atoms in total. The summed E-state index contributed by atoms with van der Waals surface area (Å²) in [5, 5.41) is 12.0. The first-order chi connectivity index (χ1) is 8.63. The molecule has 1 saturated carbocycles. The Morgan fingerprint density at radius 2 is 2.33 bits per heavy atom. The van der Waals surface area contributed by atoms with Crippen molar-refractivity contribution >= 4 is 22.7 Å². The van der Waals surface area contributed by atoms with Crippen LogP contribution in [0.2, 0.25) is 0 Å². The zero-order valence-corrected chi connectivity index (χ0v) is 10.1. The first kappa shape index (κ1) is 11.2. The summed E-state index contributed by atoms with van der Waals surface area (Å²) in [5.74, 6) is 0.479. The van der Waals surface area contributed by atoms with Gasteiger partial charge in [-0.3, -0.25) is 4.79 Å². The number of oxazole rings is 1. The van der Waals surface area contributed by atoms with Crippen LogP contribution in [0.4, 0.5) is 5.69 Å². The van der Waals surface area contributed by atoms with Crippen LogP contribution in [0.5, 0.6) is 0 Å². The van der Waals surface area contributed by atoms with Gasteiger partial charge in [-0.15, -0.1) is 0 Å². The van der Waals surface area contributed by atoms with Gasteiger partial charge in [0.1, 0.15) is 5.52 Å². The molecule has 94 valence electrons. The average Bonchev–Trinajstić information content (AvgIpc) is 3.06. The van der Waals surface area contributed by atoms with E-state index in [1.165, 1.54) is 0 Å². The molecule has 2 N–H and O–H groups in total. The van der Waals surface area contributed by atoms with Gasteiger partial charge in [0.25, 0.3) is 0 Å². The van der Waals surface area contributed by atoms with E-state index in [9.17, 15) is 9.90 Å². The molecule has 0 saturated heterocycles. The Bertz CT molecular complexity index is 614. The highest BCUT2D eigenvalue weighted by Crippen LogP contribution is 2.45. The van der Waals surface area contributed by atoms with E-state index in [0.717, 1.165) is 18.4 Å². The van der Waals surface area contributed by atoms with Crippen molar-refractivity contribution in [3.63, 3.8) is 0 Å². The van der Waals surface area contributed by atoms with Crippen LogP contribution in [0.3, 0.4) is 0 Å². The van der Waals surface area contributed by atoms with Gasteiger partial charge in [-0.2, -0.15) is 0 Å². The zero-order valence-electron chi connectivity index (χ0n) is 10.1. The first-order valence-corrected chi connectivity index (χ1v) is 5.92. The summed E-state index contributed by atoms with van der Waals surface area (Å²) in [7, 11) is 0. The third kappa shape index (κ3) is 1.76. The van der Waals surface area contributed by atoms with E-state index in [2.05, 4.69) is 10.3 Å². The van der Waals surface area contributed by atoms with E-state index in [1.54, 1.807) is 25.1 Å². The van der Waals surface area contributed by atoms with E-state index < -0.39 is 5.41 Å². The fourth-order valence-corrected chi connectivity index (χ4v) is 1.99. The third-order valence-electron chi connectivity index (χ3n) is 3.39. The molecule has 3 rings (SSSR count). The van der Waals surface area contributed by atoms with Crippen LogP contribution >= 0.6 is 0 Å². The number of amides is 1. The van der Waals surface area contributed by atoms with Gasteiger partial charge >= 0.3 is 0 Å². The van der Waals surface area contributed by atoms with Crippen LogP contribution in [-0.2, 0) is 4.79 Å². The second-order valence-electron chi connectivity index (χ2n) is 4.81. The summed E-state index contributed by atoms with van der Waals surface area (Å²) in [6.07, 6.45) is 1.50. The average molecular weight is 246 g/mol. The molecule has 1 aliphatic rings. The maximum Gasteiger partial charge on any atom is 0.232 e. The number of aromatic nitrogens is 1. The molecule has 1 aromatic heterocycles. The molecule has 1 aromatic carbocycles. The summed E-state index contributed by atoms with van der Waals surface area (Å²) < 4.78 is 5.36. The van der Waals surface area contributed by atoms with Gasteiger partial charge in [0.15, 0.2) is 11.5 Å². The lowest BCUT2D eigenvalue weighted by atomic mass is 10.1. The van der Waals surface area contributed by atoms with Crippen LogP contribution in [0.15, 0.2) is 22.6 Å². The molecule has 1 amide bonds. The minimum atomic E-state index is -0.561. The van der Waals surface area contributed by atoms with E-state index in [1.807, 2.05) is 0 Å². The number of nitrogens with zero attached hydrogens (tertiary/aromatic N) is 1. The quantitative estimate of drug-likeness (QED) is 0.866. The van der Waals surface area contributed by atoms with Crippen LogP contribution in [-0.4, -0.2) is 22.6 Å². The van der Waals surface area contributed by atoms with Gasteiger partial charge in [-0.25, -0.2) is 4.98 Å². The first-order valence-electron chi connectivity index (χ1n) is 5.92. The molecule has 2 aromatic rings. The largest absolute Gasteiger partial charge is 0.441 e. The van der Waals surface area contributed by atoms with E-state index in [-0.39, 0.29) is 12.5 Å². The fraction of sp³-hybridized carbons (Fsp3) is 0.385. The monoisotopic (exact) mass is 246 g/mol. The normalized spacial score (nSPS) is 16.8. The predicted molar refractivity (Wildman–Crippen MR) is 66.1 cm³/mol. The van der Waals surface area contributed by atoms with Crippen molar-refractivity contribution in [1.82, 2.24) is 4.98 Å². The van der Waals surface area contributed by atoms with Gasteiger partial charge in [0.2, 0.25) is 5.91 Å². The predicted octanol–water partition coefficient (Wildman–Crippen LogP) is 1.85. The van der Waals surface area contributed by atoms with Crippen molar-refractivity contribution < 1.29 is 14.3 Å². The number of carbonyl (C=O) groups excluding carboxylic acids is 1. The number of rotatable bonds is 3. The molecule has 1 heterocycles. The molecule has 18 heavy (non-hydrogen) atoms. The summed E-state index contributed by atoms with van der Waals surface area (Å²) in [4.78, 5) is 16.2.